The lowest BCUT2D eigenvalue weighted by atomic mass is 10.2. The van der Waals surface area contributed by atoms with E-state index in [0.29, 0.717) is 6.42 Å². The Morgan fingerprint density at radius 1 is 1.58 bits per heavy atom. The van der Waals surface area contributed by atoms with Crippen LogP contribution >= 0.6 is 0 Å². The Labute approximate surface area is 72.9 Å². The van der Waals surface area contributed by atoms with Gasteiger partial charge < -0.3 is 4.74 Å². The molecular weight excluding hydrogens is 152 g/mol. The average Bonchev–Trinajstić information content (AvgIpc) is 2.45. The predicted molar refractivity (Wildman–Crippen MR) is 47.7 cm³/mol. The van der Waals surface area contributed by atoms with Crippen LogP contribution in [0.2, 0.25) is 0 Å². The molecule has 0 aromatic heterocycles. The van der Waals surface area contributed by atoms with Gasteiger partial charge in [-0.2, -0.15) is 0 Å². The monoisotopic (exact) mass is 166 g/mol. The molecule has 12 heavy (non-hydrogen) atoms. The maximum absolute atomic E-state index is 10.7. The smallest absolute Gasteiger partial charge is 0.306 e. The normalized spacial score (nSPS) is 24.1. The molecule has 1 aliphatic rings. The number of carbonyl (C=O) groups excluding carboxylic acids is 1. The number of esters is 1. The molecule has 0 radical (unpaired) electrons. The Hall–Kier alpha value is -1.05. The van der Waals surface area contributed by atoms with Crippen LogP contribution < -0.4 is 0 Å². The molecule has 1 unspecified atom stereocenters. The second-order valence-corrected chi connectivity index (χ2v) is 2.79. The van der Waals surface area contributed by atoms with Crippen molar-refractivity contribution in [3.8, 4) is 0 Å². The highest BCUT2D eigenvalue weighted by atomic mass is 16.5. The van der Waals surface area contributed by atoms with E-state index in [-0.39, 0.29) is 12.1 Å². The van der Waals surface area contributed by atoms with E-state index in [1.54, 1.807) is 0 Å². The number of allylic oxidation sites excluding steroid dienone is 3. The molecule has 0 spiro atoms. The van der Waals surface area contributed by atoms with Crippen LogP contribution in [-0.4, -0.2) is 12.1 Å². The van der Waals surface area contributed by atoms with Crippen LogP contribution in [0.4, 0.5) is 0 Å². The zero-order chi connectivity index (χ0) is 8.81. The number of hydrogen-bond acceptors (Lipinski definition) is 2. The van der Waals surface area contributed by atoms with Crippen LogP contribution in [0.1, 0.15) is 26.2 Å². The zero-order valence-corrected chi connectivity index (χ0v) is 7.32. The van der Waals surface area contributed by atoms with E-state index in [4.69, 9.17) is 4.74 Å². The van der Waals surface area contributed by atoms with Gasteiger partial charge in [-0.05, 0) is 18.9 Å². The molecule has 0 aromatic carbocycles. The summed E-state index contributed by atoms with van der Waals surface area (Å²) in [6.45, 7) is 2.08. The molecule has 0 saturated carbocycles. The summed E-state index contributed by atoms with van der Waals surface area (Å²) in [6.07, 6.45) is 10.3. The molecule has 1 fully saturated rings. The van der Waals surface area contributed by atoms with Crippen LogP contribution in [-0.2, 0) is 9.53 Å². The summed E-state index contributed by atoms with van der Waals surface area (Å²) in [4.78, 5) is 10.7. The molecule has 1 atom stereocenters. The molecule has 1 saturated heterocycles. The minimum absolute atomic E-state index is 0.0130. The number of ether oxygens (including phenoxy) is 1. The summed E-state index contributed by atoms with van der Waals surface area (Å²) >= 11 is 0. The Morgan fingerprint density at radius 2 is 2.42 bits per heavy atom. The van der Waals surface area contributed by atoms with Gasteiger partial charge in [-0.15, -0.1) is 0 Å². The SMILES string of the molecule is CC/C=C\C=C\C1CCC(=O)O1. The van der Waals surface area contributed by atoms with Crippen molar-refractivity contribution in [1.82, 2.24) is 0 Å². The third-order valence-corrected chi connectivity index (χ3v) is 1.72. The summed E-state index contributed by atoms with van der Waals surface area (Å²) in [5.41, 5.74) is 0. The summed E-state index contributed by atoms with van der Waals surface area (Å²) in [5.74, 6) is -0.0795. The van der Waals surface area contributed by atoms with Crippen LogP contribution in [0.25, 0.3) is 0 Å². The topological polar surface area (TPSA) is 26.3 Å². The van der Waals surface area contributed by atoms with Gasteiger partial charge in [-0.1, -0.05) is 25.2 Å². The number of cyclic esters (lactones) is 1. The Bertz CT molecular complexity index is 204. The van der Waals surface area contributed by atoms with Crippen molar-refractivity contribution >= 4 is 5.97 Å². The quantitative estimate of drug-likeness (QED) is 0.474. The van der Waals surface area contributed by atoms with Gasteiger partial charge in [0.2, 0.25) is 0 Å². The van der Waals surface area contributed by atoms with Crippen LogP contribution in [0.5, 0.6) is 0 Å². The maximum atomic E-state index is 10.7. The molecule has 0 aromatic rings. The van der Waals surface area contributed by atoms with Crippen molar-refractivity contribution < 1.29 is 9.53 Å². The van der Waals surface area contributed by atoms with Gasteiger partial charge in [-0.3, -0.25) is 4.79 Å². The van der Waals surface area contributed by atoms with E-state index in [1.807, 2.05) is 18.2 Å². The van der Waals surface area contributed by atoms with E-state index in [9.17, 15) is 4.79 Å². The summed E-state index contributed by atoms with van der Waals surface area (Å²) in [5, 5.41) is 0. The average molecular weight is 166 g/mol. The predicted octanol–water partition coefficient (Wildman–Crippen LogP) is 2.21. The van der Waals surface area contributed by atoms with Crippen molar-refractivity contribution in [3.63, 3.8) is 0 Å². The molecule has 0 amide bonds. The maximum Gasteiger partial charge on any atom is 0.306 e. The van der Waals surface area contributed by atoms with Crippen molar-refractivity contribution in [3.05, 3.63) is 24.3 Å². The van der Waals surface area contributed by atoms with Crippen molar-refractivity contribution in [2.75, 3.05) is 0 Å². The largest absolute Gasteiger partial charge is 0.458 e. The van der Waals surface area contributed by atoms with Gasteiger partial charge >= 0.3 is 5.97 Å². The third kappa shape index (κ3) is 2.91. The van der Waals surface area contributed by atoms with E-state index < -0.39 is 0 Å². The molecule has 2 nitrogen and oxygen atoms in total. The molecule has 2 heteroatoms. The minimum Gasteiger partial charge on any atom is -0.458 e. The van der Waals surface area contributed by atoms with E-state index in [0.717, 1.165) is 12.8 Å². The van der Waals surface area contributed by atoms with E-state index in [2.05, 4.69) is 13.0 Å². The fraction of sp³-hybridized carbons (Fsp3) is 0.500. The first-order valence-corrected chi connectivity index (χ1v) is 4.35. The summed E-state index contributed by atoms with van der Waals surface area (Å²) in [6, 6.07) is 0. The summed E-state index contributed by atoms with van der Waals surface area (Å²) in [7, 11) is 0. The van der Waals surface area contributed by atoms with Crippen molar-refractivity contribution in [2.24, 2.45) is 0 Å². The van der Waals surface area contributed by atoms with Gasteiger partial charge in [0.1, 0.15) is 6.10 Å². The first kappa shape index (κ1) is 9.04. The second-order valence-electron chi connectivity index (χ2n) is 2.79. The van der Waals surface area contributed by atoms with E-state index in [1.165, 1.54) is 0 Å². The van der Waals surface area contributed by atoms with Crippen LogP contribution in [0, 0.1) is 0 Å². The lowest BCUT2D eigenvalue weighted by Crippen LogP contribution is -2.01. The Kier molecular flexibility index (Phi) is 3.58. The molecule has 1 aliphatic heterocycles. The highest BCUT2D eigenvalue weighted by Gasteiger charge is 2.19. The lowest BCUT2D eigenvalue weighted by Gasteiger charge is -1.99. The molecule has 0 bridgehead atoms. The summed E-state index contributed by atoms with van der Waals surface area (Å²) < 4.78 is 4.98. The first-order chi connectivity index (χ1) is 5.83. The molecule has 0 N–H and O–H groups in total. The Balaban J connectivity index is 2.27. The van der Waals surface area contributed by atoms with Gasteiger partial charge in [0, 0.05) is 6.42 Å². The van der Waals surface area contributed by atoms with E-state index >= 15 is 0 Å². The van der Waals surface area contributed by atoms with Crippen LogP contribution in [0.3, 0.4) is 0 Å². The highest BCUT2D eigenvalue weighted by Crippen LogP contribution is 2.14. The molecule has 66 valence electrons. The fourth-order valence-corrected chi connectivity index (χ4v) is 1.09. The van der Waals surface area contributed by atoms with Crippen molar-refractivity contribution in [1.29, 1.82) is 0 Å². The van der Waals surface area contributed by atoms with Crippen molar-refractivity contribution in [2.45, 2.75) is 32.3 Å². The third-order valence-electron chi connectivity index (χ3n) is 1.72. The van der Waals surface area contributed by atoms with Crippen LogP contribution in [0.15, 0.2) is 24.3 Å². The first-order valence-electron chi connectivity index (χ1n) is 4.35. The lowest BCUT2D eigenvalue weighted by molar-refractivity contribution is -0.139. The molecule has 1 rings (SSSR count). The second kappa shape index (κ2) is 4.75. The number of rotatable bonds is 3. The standard InChI is InChI=1S/C10H14O2/c1-2-3-4-5-6-9-7-8-10(11)12-9/h3-6,9H,2,7-8H2,1H3/b4-3-,6-5+. The van der Waals surface area contributed by atoms with Gasteiger partial charge in [0.15, 0.2) is 0 Å². The van der Waals surface area contributed by atoms with Gasteiger partial charge in [0.25, 0.3) is 0 Å². The molecule has 1 heterocycles. The van der Waals surface area contributed by atoms with Gasteiger partial charge in [-0.25, -0.2) is 0 Å². The minimum atomic E-state index is -0.0795. The number of hydrogen-bond donors (Lipinski definition) is 0. The van der Waals surface area contributed by atoms with Gasteiger partial charge in [0.05, 0.1) is 0 Å². The zero-order valence-electron chi connectivity index (χ0n) is 7.32. The highest BCUT2D eigenvalue weighted by molar-refractivity contribution is 5.71. The molecular formula is C10H14O2. The number of carbonyl (C=O) groups is 1. The fourth-order valence-electron chi connectivity index (χ4n) is 1.09. The molecule has 0 aliphatic carbocycles. The Morgan fingerprint density at radius 3 is 3.00 bits per heavy atom.